The first-order valence-electron chi connectivity index (χ1n) is 8.78. The van der Waals surface area contributed by atoms with Crippen molar-refractivity contribution in [2.75, 3.05) is 0 Å². The van der Waals surface area contributed by atoms with Crippen LogP contribution in [0.5, 0.6) is 0 Å². The Morgan fingerprint density at radius 2 is 0.929 bits per heavy atom. The van der Waals surface area contributed by atoms with Gasteiger partial charge in [0.25, 0.3) is 0 Å². The van der Waals surface area contributed by atoms with E-state index in [9.17, 15) is 9.59 Å². The molecule has 0 bridgehead atoms. The van der Waals surface area contributed by atoms with E-state index in [2.05, 4.69) is 0 Å². The fraction of sp³-hybridized carbons (Fsp3) is 0. The zero-order valence-corrected chi connectivity index (χ0v) is 16.5. The van der Waals surface area contributed by atoms with Crippen molar-refractivity contribution >= 4 is 44.5 Å². The van der Waals surface area contributed by atoms with Crippen molar-refractivity contribution in [3.05, 3.63) is 108 Å². The van der Waals surface area contributed by atoms with Crippen LogP contribution in [0.4, 0.5) is 0 Å². The van der Waals surface area contributed by atoms with Gasteiger partial charge in [-0.2, -0.15) is 0 Å². The molecule has 0 unspecified atom stereocenters. The van der Waals surface area contributed by atoms with Gasteiger partial charge in [0, 0.05) is 26.3 Å². The minimum Gasteiger partial charge on any atom is -0.281 e. The number of rotatable bonds is 4. The molecule has 0 atom stereocenters. The Morgan fingerprint density at radius 1 is 0.500 bits per heavy atom. The maximum atomic E-state index is 12.7. The highest BCUT2D eigenvalue weighted by atomic mass is 32.2. The van der Waals surface area contributed by atoms with Gasteiger partial charge in [0.05, 0.1) is 0 Å². The molecule has 0 aliphatic heterocycles. The average Bonchev–Trinajstić information content (AvgIpc) is 2.75. The van der Waals surface area contributed by atoms with Crippen LogP contribution in [-0.2, 0) is 0 Å². The molecule has 0 saturated carbocycles. The highest BCUT2D eigenvalue weighted by molar-refractivity contribution is 8.15. The van der Waals surface area contributed by atoms with Crippen molar-refractivity contribution in [2.45, 2.75) is 9.79 Å². The second-order valence-corrected chi connectivity index (χ2v) is 8.15. The number of hydrogen-bond acceptors (Lipinski definition) is 4. The molecule has 0 aliphatic carbocycles. The Hall–Kier alpha value is -2.82. The Bertz CT molecular complexity index is 1050. The first-order chi connectivity index (χ1) is 13.7. The summed E-state index contributed by atoms with van der Waals surface area (Å²) < 4.78 is 0. The molecule has 0 aliphatic rings. The lowest BCUT2D eigenvalue weighted by molar-refractivity contribution is 0.108. The molecule has 4 aromatic carbocycles. The fourth-order valence-corrected chi connectivity index (χ4v) is 4.83. The Morgan fingerprint density at radius 3 is 1.36 bits per heavy atom. The lowest BCUT2D eigenvalue weighted by atomic mass is 10.1. The predicted octanol–water partition coefficient (Wildman–Crippen LogP) is 6.70. The van der Waals surface area contributed by atoms with Gasteiger partial charge in [-0.15, -0.1) is 0 Å². The van der Waals surface area contributed by atoms with Crippen molar-refractivity contribution in [2.24, 2.45) is 0 Å². The van der Waals surface area contributed by atoms with Gasteiger partial charge in [-0.1, -0.05) is 84.9 Å². The molecule has 0 heterocycles. The van der Waals surface area contributed by atoms with Crippen molar-refractivity contribution in [1.29, 1.82) is 0 Å². The largest absolute Gasteiger partial charge is 0.281 e. The Labute approximate surface area is 172 Å². The molecule has 2 nitrogen and oxygen atoms in total. The summed E-state index contributed by atoms with van der Waals surface area (Å²) in [5.41, 5.74) is 1.32. The first-order valence-corrected chi connectivity index (χ1v) is 10.4. The second-order valence-electron chi connectivity index (χ2n) is 6.12. The van der Waals surface area contributed by atoms with E-state index in [1.165, 1.54) is 23.5 Å². The topological polar surface area (TPSA) is 34.1 Å². The van der Waals surface area contributed by atoms with Crippen molar-refractivity contribution < 1.29 is 9.59 Å². The van der Waals surface area contributed by atoms with Gasteiger partial charge in [-0.25, -0.2) is 0 Å². The van der Waals surface area contributed by atoms with Gasteiger partial charge in [-0.3, -0.25) is 9.59 Å². The fourth-order valence-electron chi connectivity index (χ4n) is 2.91. The summed E-state index contributed by atoms with van der Waals surface area (Å²) in [6.45, 7) is 0. The molecular formula is C24H16O2S2. The molecule has 0 amide bonds. The van der Waals surface area contributed by atoms with E-state index in [1.54, 1.807) is 0 Å². The van der Waals surface area contributed by atoms with Crippen LogP contribution in [0.1, 0.15) is 20.7 Å². The molecule has 0 fully saturated rings. The van der Waals surface area contributed by atoms with Crippen LogP contribution in [0.25, 0.3) is 10.8 Å². The van der Waals surface area contributed by atoms with Crippen LogP contribution in [0, 0.1) is 0 Å². The lowest BCUT2D eigenvalue weighted by Crippen LogP contribution is -1.95. The van der Waals surface area contributed by atoms with Crippen LogP contribution in [-0.4, -0.2) is 10.2 Å². The summed E-state index contributed by atoms with van der Waals surface area (Å²) in [6, 6.07) is 30.2. The standard InChI is InChI=1S/C24H16O2S2/c25-23(18-9-3-1-4-10-18)27-20-15-7-13-17-14-8-16-21(22(17)20)28-24(26)19-11-5-2-6-12-19/h1-16H. The van der Waals surface area contributed by atoms with Crippen LogP contribution in [0.15, 0.2) is 107 Å². The first kappa shape index (κ1) is 18.5. The minimum absolute atomic E-state index is 0.0118. The van der Waals surface area contributed by atoms with E-state index in [0.717, 1.165) is 20.6 Å². The molecule has 0 radical (unpaired) electrons. The Kier molecular flexibility index (Phi) is 5.60. The highest BCUT2D eigenvalue weighted by Gasteiger charge is 2.15. The lowest BCUT2D eigenvalue weighted by Gasteiger charge is -2.10. The van der Waals surface area contributed by atoms with Crippen LogP contribution in [0.3, 0.4) is 0 Å². The summed E-state index contributed by atoms with van der Waals surface area (Å²) >= 11 is 2.40. The third-order valence-electron chi connectivity index (χ3n) is 4.25. The molecule has 4 rings (SSSR count). The summed E-state index contributed by atoms with van der Waals surface area (Å²) in [6.07, 6.45) is 0. The van der Waals surface area contributed by atoms with E-state index in [-0.39, 0.29) is 10.2 Å². The average molecular weight is 401 g/mol. The van der Waals surface area contributed by atoms with Gasteiger partial charge in [0.1, 0.15) is 0 Å². The molecule has 4 heteroatoms. The summed E-state index contributed by atoms with van der Waals surface area (Å²) in [5.74, 6) is 0. The smallest absolute Gasteiger partial charge is 0.224 e. The molecule has 0 aromatic heterocycles. The maximum absolute atomic E-state index is 12.7. The van der Waals surface area contributed by atoms with Crippen molar-refractivity contribution in [3.8, 4) is 0 Å². The quantitative estimate of drug-likeness (QED) is 0.357. The SMILES string of the molecule is O=C(Sc1cccc2cccc(SC(=O)c3ccccc3)c12)c1ccccc1. The number of benzene rings is 4. The van der Waals surface area contributed by atoms with Gasteiger partial charge in [0.2, 0.25) is 10.2 Å². The predicted molar refractivity (Wildman–Crippen MR) is 117 cm³/mol. The van der Waals surface area contributed by atoms with E-state index < -0.39 is 0 Å². The van der Waals surface area contributed by atoms with E-state index in [1.807, 2.05) is 97.1 Å². The molecular weight excluding hydrogens is 384 g/mol. The van der Waals surface area contributed by atoms with E-state index in [4.69, 9.17) is 0 Å². The van der Waals surface area contributed by atoms with Crippen LogP contribution < -0.4 is 0 Å². The van der Waals surface area contributed by atoms with Crippen LogP contribution >= 0.6 is 23.5 Å². The summed E-state index contributed by atoms with van der Waals surface area (Å²) in [5, 5.41) is 1.93. The molecule has 4 aromatic rings. The number of hydrogen-bond donors (Lipinski definition) is 0. The molecule has 0 N–H and O–H groups in total. The monoisotopic (exact) mass is 400 g/mol. The number of carbonyl (C=O) groups is 2. The van der Waals surface area contributed by atoms with Gasteiger partial charge < -0.3 is 0 Å². The highest BCUT2D eigenvalue weighted by Crippen LogP contribution is 2.37. The minimum atomic E-state index is -0.0118. The molecule has 136 valence electrons. The summed E-state index contributed by atoms with van der Waals surface area (Å²) in [4.78, 5) is 27.1. The third-order valence-corrected chi connectivity index (χ3v) is 6.21. The van der Waals surface area contributed by atoms with Crippen molar-refractivity contribution in [3.63, 3.8) is 0 Å². The van der Waals surface area contributed by atoms with Gasteiger partial charge >= 0.3 is 0 Å². The zero-order chi connectivity index (χ0) is 19.3. The van der Waals surface area contributed by atoms with E-state index in [0.29, 0.717) is 11.1 Å². The maximum Gasteiger partial charge on any atom is 0.224 e. The second kappa shape index (κ2) is 8.46. The normalized spacial score (nSPS) is 10.7. The van der Waals surface area contributed by atoms with E-state index >= 15 is 0 Å². The van der Waals surface area contributed by atoms with Crippen LogP contribution in [0.2, 0.25) is 0 Å². The van der Waals surface area contributed by atoms with Gasteiger partial charge in [-0.05, 0) is 41.0 Å². The Balaban J connectivity index is 1.70. The number of fused-ring (bicyclic) bond motifs is 1. The molecule has 28 heavy (non-hydrogen) atoms. The van der Waals surface area contributed by atoms with Crippen molar-refractivity contribution in [1.82, 2.24) is 0 Å². The zero-order valence-electron chi connectivity index (χ0n) is 14.9. The summed E-state index contributed by atoms with van der Waals surface area (Å²) in [7, 11) is 0. The molecule has 0 saturated heterocycles. The molecule has 0 spiro atoms. The number of thioether (sulfide) groups is 2. The third kappa shape index (κ3) is 4.03. The van der Waals surface area contributed by atoms with Gasteiger partial charge in [0.15, 0.2) is 0 Å². The number of carbonyl (C=O) groups excluding carboxylic acids is 2.